The third-order valence-corrected chi connectivity index (χ3v) is 5.48. The number of rotatable bonds is 12. The van der Waals surface area contributed by atoms with Gasteiger partial charge in [-0.1, -0.05) is 51.9 Å². The highest BCUT2D eigenvalue weighted by Crippen LogP contribution is 2.25. The van der Waals surface area contributed by atoms with E-state index in [2.05, 4.69) is 6.92 Å². The Labute approximate surface area is 172 Å². The van der Waals surface area contributed by atoms with Crippen molar-refractivity contribution in [1.82, 2.24) is 4.90 Å². The lowest BCUT2D eigenvalue weighted by Crippen LogP contribution is -2.47. The second kappa shape index (κ2) is 13.4. The molecule has 3 atom stereocenters. The van der Waals surface area contributed by atoms with Gasteiger partial charge >= 0.3 is 6.09 Å². The normalized spacial score (nSPS) is 20.1. The van der Waals surface area contributed by atoms with E-state index in [0.717, 1.165) is 38.5 Å². The number of nitrogens with zero attached hydrogens (tertiary/aromatic N) is 1. The minimum Gasteiger partial charge on any atom is -0.444 e. The van der Waals surface area contributed by atoms with E-state index in [-0.39, 0.29) is 12.1 Å². The highest BCUT2D eigenvalue weighted by atomic mass is 16.6. The standard InChI is InChI=1S/C23H45NO4/c1-5-6-7-8-9-10-11-15-20(25)18-21(26)17-19-14-12-13-16-24(19)22(27)28-23(2,3)4/h19-21,25-26H,5-18H2,1-4H3/t19-,20+,21-/m0/s1. The van der Waals surface area contributed by atoms with E-state index in [0.29, 0.717) is 19.4 Å². The van der Waals surface area contributed by atoms with Crippen LogP contribution in [0.1, 0.15) is 111 Å². The Bertz CT molecular complexity index is 421. The number of hydrogen-bond acceptors (Lipinski definition) is 4. The quantitative estimate of drug-likeness (QED) is 0.430. The van der Waals surface area contributed by atoms with E-state index in [1.807, 2.05) is 20.8 Å². The van der Waals surface area contributed by atoms with Gasteiger partial charge in [0.15, 0.2) is 0 Å². The van der Waals surface area contributed by atoms with Crippen LogP contribution >= 0.6 is 0 Å². The number of ether oxygens (including phenoxy) is 1. The van der Waals surface area contributed by atoms with Gasteiger partial charge in [-0.2, -0.15) is 0 Å². The number of aliphatic hydroxyl groups is 2. The molecule has 0 aliphatic carbocycles. The van der Waals surface area contributed by atoms with Gasteiger partial charge in [0.25, 0.3) is 0 Å². The smallest absolute Gasteiger partial charge is 0.410 e. The van der Waals surface area contributed by atoms with Crippen molar-refractivity contribution in [3.05, 3.63) is 0 Å². The first-order valence-electron chi connectivity index (χ1n) is 11.6. The van der Waals surface area contributed by atoms with E-state index in [1.165, 1.54) is 32.1 Å². The fourth-order valence-corrected chi connectivity index (χ4v) is 3.99. The van der Waals surface area contributed by atoms with Crippen molar-refractivity contribution in [3.8, 4) is 0 Å². The molecule has 1 fully saturated rings. The summed E-state index contributed by atoms with van der Waals surface area (Å²) in [6, 6.07) is 0.00404. The lowest BCUT2D eigenvalue weighted by atomic mass is 9.94. The zero-order valence-electron chi connectivity index (χ0n) is 18.8. The molecule has 1 aliphatic rings. The third-order valence-electron chi connectivity index (χ3n) is 5.48. The van der Waals surface area contributed by atoms with Crippen LogP contribution < -0.4 is 0 Å². The van der Waals surface area contributed by atoms with Gasteiger partial charge in [-0.3, -0.25) is 0 Å². The van der Waals surface area contributed by atoms with Gasteiger partial charge in [-0.15, -0.1) is 0 Å². The van der Waals surface area contributed by atoms with Crippen molar-refractivity contribution in [1.29, 1.82) is 0 Å². The largest absolute Gasteiger partial charge is 0.444 e. The van der Waals surface area contributed by atoms with E-state index >= 15 is 0 Å². The Morgan fingerprint density at radius 3 is 2.32 bits per heavy atom. The van der Waals surface area contributed by atoms with Crippen molar-refractivity contribution in [2.45, 2.75) is 135 Å². The predicted molar refractivity (Wildman–Crippen MR) is 114 cm³/mol. The molecule has 0 saturated carbocycles. The molecule has 1 rings (SSSR count). The fourth-order valence-electron chi connectivity index (χ4n) is 3.99. The SMILES string of the molecule is CCCCCCCCC[C@@H](O)C[C@@H](O)C[C@@H]1CCCCN1C(=O)OC(C)(C)C. The van der Waals surface area contributed by atoms with E-state index in [9.17, 15) is 15.0 Å². The zero-order chi connectivity index (χ0) is 21.0. The lowest BCUT2D eigenvalue weighted by molar-refractivity contribution is -0.00195. The molecule has 2 N–H and O–H groups in total. The molecule has 5 nitrogen and oxygen atoms in total. The van der Waals surface area contributed by atoms with Crippen molar-refractivity contribution in [3.63, 3.8) is 0 Å². The molecule has 0 unspecified atom stereocenters. The van der Waals surface area contributed by atoms with Gasteiger partial charge in [0.2, 0.25) is 0 Å². The monoisotopic (exact) mass is 399 g/mol. The predicted octanol–water partition coefficient (Wildman–Crippen LogP) is 5.42. The van der Waals surface area contributed by atoms with Crippen molar-refractivity contribution in [2.24, 2.45) is 0 Å². The topological polar surface area (TPSA) is 70.0 Å². The van der Waals surface area contributed by atoms with Gasteiger partial charge in [0.1, 0.15) is 5.60 Å². The van der Waals surface area contributed by atoms with Crippen LogP contribution in [0.4, 0.5) is 4.79 Å². The van der Waals surface area contributed by atoms with Crippen LogP contribution in [0.25, 0.3) is 0 Å². The number of carbonyl (C=O) groups is 1. The zero-order valence-corrected chi connectivity index (χ0v) is 18.8. The molecule has 1 heterocycles. The summed E-state index contributed by atoms with van der Waals surface area (Å²) in [4.78, 5) is 14.2. The molecule has 166 valence electrons. The Morgan fingerprint density at radius 1 is 1.04 bits per heavy atom. The first-order valence-corrected chi connectivity index (χ1v) is 11.6. The number of amides is 1. The maximum Gasteiger partial charge on any atom is 0.410 e. The number of carbonyl (C=O) groups excluding carboxylic acids is 1. The van der Waals surface area contributed by atoms with Gasteiger partial charge in [-0.05, 0) is 59.3 Å². The number of likely N-dealkylation sites (tertiary alicyclic amines) is 1. The maximum atomic E-state index is 12.5. The molecular formula is C23H45NO4. The average Bonchev–Trinajstić information content (AvgIpc) is 2.59. The summed E-state index contributed by atoms with van der Waals surface area (Å²) < 4.78 is 5.53. The van der Waals surface area contributed by atoms with E-state index < -0.39 is 17.8 Å². The molecule has 1 saturated heterocycles. The summed E-state index contributed by atoms with van der Waals surface area (Å²) in [5.74, 6) is 0. The van der Waals surface area contributed by atoms with Crippen LogP contribution in [-0.4, -0.2) is 51.6 Å². The van der Waals surface area contributed by atoms with Crippen LogP contribution in [0.5, 0.6) is 0 Å². The summed E-state index contributed by atoms with van der Waals surface area (Å²) in [6.45, 7) is 8.53. The molecule has 0 aromatic rings. The summed E-state index contributed by atoms with van der Waals surface area (Å²) in [7, 11) is 0. The summed E-state index contributed by atoms with van der Waals surface area (Å²) in [5.41, 5.74) is -0.509. The van der Waals surface area contributed by atoms with Crippen LogP contribution in [0, 0.1) is 0 Å². The van der Waals surface area contributed by atoms with Crippen LogP contribution in [0.15, 0.2) is 0 Å². The molecule has 0 spiro atoms. The molecule has 1 aliphatic heterocycles. The van der Waals surface area contributed by atoms with Crippen molar-refractivity contribution < 1.29 is 19.7 Å². The van der Waals surface area contributed by atoms with Crippen molar-refractivity contribution >= 4 is 6.09 Å². The Hall–Kier alpha value is -0.810. The summed E-state index contributed by atoms with van der Waals surface area (Å²) >= 11 is 0. The molecule has 0 aromatic carbocycles. The van der Waals surface area contributed by atoms with E-state index in [1.54, 1.807) is 4.90 Å². The summed E-state index contributed by atoms with van der Waals surface area (Å²) in [5, 5.41) is 20.7. The number of aliphatic hydroxyl groups excluding tert-OH is 2. The van der Waals surface area contributed by atoms with Gasteiger partial charge < -0.3 is 19.8 Å². The van der Waals surface area contributed by atoms with Crippen LogP contribution in [0.2, 0.25) is 0 Å². The average molecular weight is 400 g/mol. The third kappa shape index (κ3) is 11.3. The van der Waals surface area contributed by atoms with E-state index in [4.69, 9.17) is 4.74 Å². The highest BCUT2D eigenvalue weighted by molar-refractivity contribution is 5.68. The fraction of sp³-hybridized carbons (Fsp3) is 0.957. The molecule has 0 radical (unpaired) electrons. The van der Waals surface area contributed by atoms with Gasteiger partial charge in [0, 0.05) is 12.6 Å². The molecule has 0 aromatic heterocycles. The number of unbranched alkanes of at least 4 members (excludes halogenated alkanes) is 6. The lowest BCUT2D eigenvalue weighted by Gasteiger charge is -2.37. The second-order valence-corrected chi connectivity index (χ2v) is 9.51. The van der Waals surface area contributed by atoms with Gasteiger partial charge in [-0.25, -0.2) is 4.79 Å². The van der Waals surface area contributed by atoms with Gasteiger partial charge in [0.05, 0.1) is 12.2 Å². The Balaban J connectivity index is 2.30. The second-order valence-electron chi connectivity index (χ2n) is 9.51. The van der Waals surface area contributed by atoms with Crippen LogP contribution in [-0.2, 0) is 4.74 Å². The number of hydrogen-bond donors (Lipinski definition) is 2. The number of piperidine rings is 1. The molecule has 1 amide bonds. The van der Waals surface area contributed by atoms with Crippen LogP contribution in [0.3, 0.4) is 0 Å². The first kappa shape index (κ1) is 25.2. The molecule has 28 heavy (non-hydrogen) atoms. The molecule has 0 bridgehead atoms. The minimum absolute atomic E-state index is 0.00404. The van der Waals surface area contributed by atoms with Crippen molar-refractivity contribution in [2.75, 3.05) is 6.54 Å². The first-order chi connectivity index (χ1) is 13.2. The Morgan fingerprint density at radius 2 is 1.68 bits per heavy atom. The molecular weight excluding hydrogens is 354 g/mol. The summed E-state index contributed by atoms with van der Waals surface area (Å²) in [6.07, 6.45) is 11.9. The maximum absolute atomic E-state index is 12.5. The molecule has 5 heteroatoms. The Kier molecular flexibility index (Phi) is 12.1. The highest BCUT2D eigenvalue weighted by Gasteiger charge is 2.32. The minimum atomic E-state index is -0.576.